The molecule has 0 bridgehead atoms. The number of amides is 1. The second-order valence-corrected chi connectivity index (χ2v) is 7.04. The number of nitrogens with zero attached hydrogens (tertiary/aromatic N) is 1. The van der Waals surface area contributed by atoms with Crippen molar-refractivity contribution in [2.45, 2.75) is 18.4 Å². The summed E-state index contributed by atoms with van der Waals surface area (Å²) < 4.78 is 36.7. The number of benzene rings is 1. The van der Waals surface area contributed by atoms with Crippen molar-refractivity contribution in [3.05, 3.63) is 47.4 Å². The number of ether oxygens (including phenoxy) is 1. The lowest BCUT2D eigenvalue weighted by Gasteiger charge is -2.17. The molecular weight excluding hydrogens is 320 g/mol. The van der Waals surface area contributed by atoms with Gasteiger partial charge >= 0.3 is 0 Å². The minimum absolute atomic E-state index is 0.0100. The van der Waals surface area contributed by atoms with Crippen molar-refractivity contribution < 1.29 is 22.4 Å². The van der Waals surface area contributed by atoms with Gasteiger partial charge in [0.05, 0.1) is 24.1 Å². The molecular formula is C15H18N2O5S. The Morgan fingerprint density at radius 3 is 2.52 bits per heavy atom. The van der Waals surface area contributed by atoms with Gasteiger partial charge in [0.25, 0.3) is 5.91 Å². The molecule has 7 nitrogen and oxygen atoms in total. The normalized spacial score (nSPS) is 11.7. The van der Waals surface area contributed by atoms with Crippen molar-refractivity contribution in [2.24, 2.45) is 5.73 Å². The van der Waals surface area contributed by atoms with Gasteiger partial charge in [0.1, 0.15) is 17.3 Å². The summed E-state index contributed by atoms with van der Waals surface area (Å²) in [6.07, 6.45) is 0. The van der Waals surface area contributed by atoms with Gasteiger partial charge in [0.2, 0.25) is 10.0 Å². The molecule has 0 aliphatic rings. The first kappa shape index (κ1) is 17.0. The van der Waals surface area contributed by atoms with Crippen LogP contribution in [0, 0.1) is 6.92 Å². The molecule has 8 heteroatoms. The molecule has 23 heavy (non-hydrogen) atoms. The lowest BCUT2D eigenvalue weighted by molar-refractivity contribution is 0.0997. The Kier molecular flexibility index (Phi) is 4.76. The van der Waals surface area contributed by atoms with E-state index in [1.165, 1.54) is 32.4 Å². The van der Waals surface area contributed by atoms with E-state index >= 15 is 0 Å². The highest BCUT2D eigenvalue weighted by molar-refractivity contribution is 7.89. The van der Waals surface area contributed by atoms with Gasteiger partial charge in [-0.15, -0.1) is 0 Å². The van der Waals surface area contributed by atoms with E-state index in [0.29, 0.717) is 11.5 Å². The maximum atomic E-state index is 12.6. The Labute approximate surface area is 134 Å². The third-order valence-corrected chi connectivity index (χ3v) is 5.12. The number of hydrogen-bond acceptors (Lipinski definition) is 5. The summed E-state index contributed by atoms with van der Waals surface area (Å²) in [5, 5.41) is 0. The summed E-state index contributed by atoms with van der Waals surface area (Å²) in [5.74, 6) is 0.687. The number of rotatable bonds is 6. The number of primary amides is 1. The predicted molar refractivity (Wildman–Crippen MR) is 83.6 cm³/mol. The monoisotopic (exact) mass is 338 g/mol. The van der Waals surface area contributed by atoms with E-state index in [9.17, 15) is 13.2 Å². The van der Waals surface area contributed by atoms with Crippen LogP contribution in [-0.4, -0.2) is 32.8 Å². The van der Waals surface area contributed by atoms with Gasteiger partial charge < -0.3 is 14.9 Å². The van der Waals surface area contributed by atoms with Crippen LogP contribution in [0.4, 0.5) is 0 Å². The molecule has 0 spiro atoms. The van der Waals surface area contributed by atoms with Gasteiger partial charge in [-0.2, -0.15) is 4.31 Å². The summed E-state index contributed by atoms with van der Waals surface area (Å²) in [5.41, 5.74) is 5.27. The average molecular weight is 338 g/mol. The van der Waals surface area contributed by atoms with Crippen LogP contribution in [-0.2, 0) is 16.6 Å². The van der Waals surface area contributed by atoms with E-state index in [1.807, 2.05) is 0 Å². The standard InChI is InChI=1S/C15H18N2O5S/c1-10-4-5-11(22-10)9-17(2)23(19,20)12-6-7-14(21-3)13(8-12)15(16)18/h4-8H,9H2,1-3H3,(H2,16,18). The largest absolute Gasteiger partial charge is 0.496 e. The van der Waals surface area contributed by atoms with Gasteiger partial charge in [-0.05, 0) is 37.3 Å². The quantitative estimate of drug-likeness (QED) is 0.860. The predicted octanol–water partition coefficient (Wildman–Crippen LogP) is 1.52. The average Bonchev–Trinajstić information content (AvgIpc) is 2.91. The fourth-order valence-corrected chi connectivity index (χ4v) is 3.26. The summed E-state index contributed by atoms with van der Waals surface area (Å²) in [7, 11) is -0.991. The van der Waals surface area contributed by atoms with E-state index in [1.54, 1.807) is 19.1 Å². The third-order valence-electron chi connectivity index (χ3n) is 3.32. The Balaban J connectivity index is 2.35. The number of carbonyl (C=O) groups excluding carboxylic acids is 1. The minimum atomic E-state index is -3.80. The number of furan rings is 1. The topological polar surface area (TPSA) is 103 Å². The lowest BCUT2D eigenvalue weighted by atomic mass is 10.2. The van der Waals surface area contributed by atoms with Crippen molar-refractivity contribution in [1.29, 1.82) is 0 Å². The van der Waals surface area contributed by atoms with Crippen LogP contribution in [0.25, 0.3) is 0 Å². The van der Waals surface area contributed by atoms with E-state index < -0.39 is 15.9 Å². The van der Waals surface area contributed by atoms with Gasteiger partial charge in [-0.1, -0.05) is 0 Å². The van der Waals surface area contributed by atoms with Crippen molar-refractivity contribution in [3.8, 4) is 5.75 Å². The van der Waals surface area contributed by atoms with E-state index in [-0.39, 0.29) is 22.8 Å². The van der Waals surface area contributed by atoms with Crippen LogP contribution in [0.3, 0.4) is 0 Å². The molecule has 1 heterocycles. The molecule has 1 amide bonds. The van der Waals surface area contributed by atoms with Crippen LogP contribution >= 0.6 is 0 Å². The first-order chi connectivity index (χ1) is 10.8. The Hall–Kier alpha value is -2.32. The van der Waals surface area contributed by atoms with Gasteiger partial charge in [-0.3, -0.25) is 4.79 Å². The highest BCUT2D eigenvalue weighted by Crippen LogP contribution is 2.24. The molecule has 0 atom stereocenters. The number of sulfonamides is 1. The summed E-state index contributed by atoms with van der Waals surface area (Å²) >= 11 is 0. The SMILES string of the molecule is COc1ccc(S(=O)(=O)N(C)Cc2ccc(C)o2)cc1C(N)=O. The Bertz CT molecular complexity index is 826. The Morgan fingerprint density at radius 2 is 2.00 bits per heavy atom. The zero-order valence-electron chi connectivity index (χ0n) is 13.1. The van der Waals surface area contributed by atoms with Gasteiger partial charge in [-0.25, -0.2) is 8.42 Å². The molecule has 2 aromatic rings. The maximum Gasteiger partial charge on any atom is 0.252 e. The van der Waals surface area contributed by atoms with E-state index in [4.69, 9.17) is 14.9 Å². The second-order valence-electron chi connectivity index (χ2n) is 5.00. The number of aryl methyl sites for hydroxylation is 1. The molecule has 0 radical (unpaired) electrons. The van der Waals surface area contributed by atoms with Crippen LogP contribution in [0.15, 0.2) is 39.6 Å². The molecule has 0 saturated heterocycles. The molecule has 2 N–H and O–H groups in total. The summed E-state index contributed by atoms with van der Waals surface area (Å²) in [6.45, 7) is 1.86. The van der Waals surface area contributed by atoms with Gasteiger partial charge in [0, 0.05) is 7.05 Å². The molecule has 0 aliphatic carbocycles. The number of carbonyl (C=O) groups is 1. The first-order valence-corrected chi connectivity index (χ1v) is 8.19. The molecule has 0 fully saturated rings. The Morgan fingerprint density at radius 1 is 1.30 bits per heavy atom. The van der Waals surface area contributed by atoms with Crippen molar-refractivity contribution >= 4 is 15.9 Å². The highest BCUT2D eigenvalue weighted by atomic mass is 32.2. The highest BCUT2D eigenvalue weighted by Gasteiger charge is 2.24. The third kappa shape index (κ3) is 3.54. The molecule has 0 aliphatic heterocycles. The number of hydrogen-bond donors (Lipinski definition) is 1. The number of methoxy groups -OCH3 is 1. The van der Waals surface area contributed by atoms with Crippen LogP contribution in [0.1, 0.15) is 21.9 Å². The first-order valence-electron chi connectivity index (χ1n) is 6.75. The maximum absolute atomic E-state index is 12.6. The number of nitrogens with two attached hydrogens (primary N) is 1. The van der Waals surface area contributed by atoms with Crippen LogP contribution in [0.5, 0.6) is 5.75 Å². The fourth-order valence-electron chi connectivity index (χ4n) is 2.09. The molecule has 1 aromatic carbocycles. The zero-order valence-corrected chi connectivity index (χ0v) is 13.9. The van der Waals surface area contributed by atoms with Gasteiger partial charge in [0.15, 0.2) is 0 Å². The van der Waals surface area contributed by atoms with E-state index in [2.05, 4.69) is 0 Å². The molecule has 1 aromatic heterocycles. The van der Waals surface area contributed by atoms with Crippen molar-refractivity contribution in [3.63, 3.8) is 0 Å². The smallest absolute Gasteiger partial charge is 0.252 e. The molecule has 124 valence electrons. The summed E-state index contributed by atoms with van der Waals surface area (Å²) in [6, 6.07) is 7.45. The molecule has 2 rings (SSSR count). The van der Waals surface area contributed by atoms with Crippen molar-refractivity contribution in [2.75, 3.05) is 14.2 Å². The van der Waals surface area contributed by atoms with E-state index in [0.717, 1.165) is 4.31 Å². The fraction of sp³-hybridized carbons (Fsp3) is 0.267. The second kappa shape index (κ2) is 6.43. The molecule has 0 unspecified atom stereocenters. The van der Waals surface area contributed by atoms with Crippen LogP contribution < -0.4 is 10.5 Å². The summed E-state index contributed by atoms with van der Waals surface area (Å²) in [4.78, 5) is 11.4. The van der Waals surface area contributed by atoms with Crippen LogP contribution in [0.2, 0.25) is 0 Å². The zero-order chi connectivity index (χ0) is 17.2. The lowest BCUT2D eigenvalue weighted by Crippen LogP contribution is -2.26. The molecule has 0 saturated carbocycles. The minimum Gasteiger partial charge on any atom is -0.496 e. The van der Waals surface area contributed by atoms with Crippen molar-refractivity contribution in [1.82, 2.24) is 4.31 Å².